The Labute approximate surface area is 141 Å². The van der Waals surface area contributed by atoms with Gasteiger partial charge in [0, 0.05) is 25.5 Å². The molecular formula is C14H11ClINO3S. The van der Waals surface area contributed by atoms with Gasteiger partial charge in [-0.25, -0.2) is 8.42 Å². The summed E-state index contributed by atoms with van der Waals surface area (Å²) in [5.41, 5.74) is 1.52. The number of carbonyl (C=O) groups is 1. The van der Waals surface area contributed by atoms with E-state index < -0.39 is 9.05 Å². The van der Waals surface area contributed by atoms with E-state index in [-0.39, 0.29) is 10.8 Å². The van der Waals surface area contributed by atoms with E-state index in [1.165, 1.54) is 12.1 Å². The summed E-state index contributed by atoms with van der Waals surface area (Å²) in [5.74, 6) is -0.257. The highest BCUT2D eigenvalue weighted by Gasteiger charge is 2.14. The number of anilines is 1. The fourth-order valence-electron chi connectivity index (χ4n) is 1.81. The molecule has 0 spiro atoms. The lowest BCUT2D eigenvalue weighted by Gasteiger charge is -2.08. The van der Waals surface area contributed by atoms with Gasteiger partial charge in [-0.05, 0) is 77.5 Å². The standard InChI is InChI=1S/C14H11ClINO3S/c1-9-8-12(6-7-13(9)21(15,19)20)17-14(18)10-2-4-11(16)5-3-10/h2-8H,1H3,(H,17,18). The zero-order valence-corrected chi connectivity index (χ0v) is 14.7. The number of carbonyl (C=O) groups excluding carboxylic acids is 1. The van der Waals surface area contributed by atoms with Gasteiger partial charge >= 0.3 is 0 Å². The summed E-state index contributed by atoms with van der Waals surface area (Å²) in [6, 6.07) is 11.6. The van der Waals surface area contributed by atoms with Gasteiger partial charge in [0.05, 0.1) is 4.90 Å². The Kier molecular flexibility index (Phi) is 4.90. The summed E-state index contributed by atoms with van der Waals surface area (Å²) in [5, 5.41) is 2.72. The second kappa shape index (κ2) is 6.33. The lowest BCUT2D eigenvalue weighted by atomic mass is 10.2. The quantitative estimate of drug-likeness (QED) is 0.589. The van der Waals surface area contributed by atoms with Crippen LogP contribution in [-0.4, -0.2) is 14.3 Å². The van der Waals surface area contributed by atoms with Crippen LogP contribution >= 0.6 is 33.3 Å². The number of aryl methyl sites for hydroxylation is 1. The number of nitrogens with one attached hydrogen (secondary N) is 1. The fraction of sp³-hybridized carbons (Fsp3) is 0.0714. The molecule has 0 aliphatic rings. The Morgan fingerprint density at radius 2 is 1.76 bits per heavy atom. The maximum absolute atomic E-state index is 12.1. The van der Waals surface area contributed by atoms with E-state index in [4.69, 9.17) is 10.7 Å². The van der Waals surface area contributed by atoms with E-state index >= 15 is 0 Å². The van der Waals surface area contributed by atoms with Crippen LogP contribution in [0.1, 0.15) is 15.9 Å². The highest BCUT2D eigenvalue weighted by molar-refractivity contribution is 14.1. The summed E-state index contributed by atoms with van der Waals surface area (Å²) >= 11 is 2.16. The molecule has 1 N–H and O–H groups in total. The first-order valence-corrected chi connectivity index (χ1v) is 9.28. The van der Waals surface area contributed by atoms with Gasteiger partial charge in [-0.2, -0.15) is 0 Å². The average Bonchev–Trinajstić information content (AvgIpc) is 2.37. The molecule has 0 heterocycles. The first-order chi connectivity index (χ1) is 9.77. The predicted octanol–water partition coefficient (Wildman–Crippen LogP) is 3.78. The number of amides is 1. The van der Waals surface area contributed by atoms with Gasteiger partial charge in [-0.3, -0.25) is 4.79 Å². The summed E-state index contributed by atoms with van der Waals surface area (Å²) in [4.78, 5) is 12.1. The minimum atomic E-state index is -3.78. The van der Waals surface area contributed by atoms with Crippen LogP contribution in [0.25, 0.3) is 0 Å². The second-order valence-electron chi connectivity index (χ2n) is 4.38. The Balaban J connectivity index is 2.22. The smallest absolute Gasteiger partial charge is 0.261 e. The third-order valence-electron chi connectivity index (χ3n) is 2.80. The van der Waals surface area contributed by atoms with Crippen molar-refractivity contribution in [2.24, 2.45) is 0 Å². The van der Waals surface area contributed by atoms with Crippen molar-refractivity contribution in [2.75, 3.05) is 5.32 Å². The van der Waals surface area contributed by atoms with Crippen LogP contribution in [-0.2, 0) is 9.05 Å². The summed E-state index contributed by atoms with van der Waals surface area (Å²) < 4.78 is 23.7. The minimum Gasteiger partial charge on any atom is -0.322 e. The SMILES string of the molecule is Cc1cc(NC(=O)c2ccc(I)cc2)ccc1S(=O)(=O)Cl. The second-order valence-corrected chi connectivity index (χ2v) is 8.16. The molecule has 0 aromatic heterocycles. The largest absolute Gasteiger partial charge is 0.322 e. The molecule has 21 heavy (non-hydrogen) atoms. The fourth-order valence-corrected chi connectivity index (χ4v) is 3.36. The molecule has 0 fully saturated rings. The molecule has 4 nitrogen and oxygen atoms in total. The highest BCUT2D eigenvalue weighted by atomic mass is 127. The van der Waals surface area contributed by atoms with Crippen LogP contribution in [0.3, 0.4) is 0 Å². The molecule has 0 aliphatic heterocycles. The molecule has 1 amide bonds. The van der Waals surface area contributed by atoms with Crippen LogP contribution in [0, 0.1) is 10.5 Å². The van der Waals surface area contributed by atoms with E-state index in [9.17, 15) is 13.2 Å². The van der Waals surface area contributed by atoms with Crippen molar-refractivity contribution in [1.29, 1.82) is 0 Å². The molecule has 2 aromatic rings. The molecule has 7 heteroatoms. The molecule has 2 rings (SSSR count). The topological polar surface area (TPSA) is 63.2 Å². The Morgan fingerprint density at radius 3 is 2.29 bits per heavy atom. The zero-order chi connectivity index (χ0) is 15.6. The van der Waals surface area contributed by atoms with Crippen molar-refractivity contribution in [2.45, 2.75) is 11.8 Å². The van der Waals surface area contributed by atoms with Crippen molar-refractivity contribution in [3.05, 3.63) is 57.2 Å². The molecule has 0 atom stereocenters. The third kappa shape index (κ3) is 4.18. The Bertz CT molecular complexity index is 788. The normalized spacial score (nSPS) is 11.2. The van der Waals surface area contributed by atoms with E-state index in [1.807, 2.05) is 12.1 Å². The Hall–Kier alpha value is -1.12. The van der Waals surface area contributed by atoms with E-state index in [0.29, 0.717) is 16.8 Å². The van der Waals surface area contributed by atoms with Crippen LogP contribution in [0.5, 0.6) is 0 Å². The molecule has 0 bridgehead atoms. The first-order valence-electron chi connectivity index (χ1n) is 5.89. The summed E-state index contributed by atoms with van der Waals surface area (Å²) in [7, 11) is 1.54. The number of rotatable bonds is 3. The lowest BCUT2D eigenvalue weighted by Crippen LogP contribution is -2.12. The minimum absolute atomic E-state index is 0.0384. The van der Waals surface area contributed by atoms with Gasteiger partial charge in [-0.15, -0.1) is 0 Å². The van der Waals surface area contributed by atoms with Gasteiger partial charge in [0.15, 0.2) is 0 Å². The van der Waals surface area contributed by atoms with Crippen molar-refractivity contribution in [3.8, 4) is 0 Å². The predicted molar refractivity (Wildman–Crippen MR) is 91.3 cm³/mol. The average molecular weight is 436 g/mol. The lowest BCUT2D eigenvalue weighted by molar-refractivity contribution is 0.102. The molecule has 0 saturated heterocycles. The van der Waals surface area contributed by atoms with E-state index in [0.717, 1.165) is 3.57 Å². The maximum atomic E-state index is 12.1. The summed E-state index contributed by atoms with van der Waals surface area (Å²) in [6.45, 7) is 1.62. The monoisotopic (exact) mass is 435 g/mol. The van der Waals surface area contributed by atoms with E-state index in [1.54, 1.807) is 25.1 Å². The molecule has 0 saturated carbocycles. The molecule has 0 radical (unpaired) electrons. The molecule has 2 aromatic carbocycles. The molecule has 0 unspecified atom stereocenters. The van der Waals surface area contributed by atoms with E-state index in [2.05, 4.69) is 27.9 Å². The van der Waals surface area contributed by atoms with Gasteiger partial charge in [0.1, 0.15) is 0 Å². The van der Waals surface area contributed by atoms with Gasteiger partial charge < -0.3 is 5.32 Å². The van der Waals surface area contributed by atoms with Crippen LogP contribution < -0.4 is 5.32 Å². The van der Waals surface area contributed by atoms with Crippen molar-refractivity contribution in [3.63, 3.8) is 0 Å². The number of benzene rings is 2. The maximum Gasteiger partial charge on any atom is 0.261 e. The zero-order valence-electron chi connectivity index (χ0n) is 10.9. The van der Waals surface area contributed by atoms with Crippen LogP contribution in [0.4, 0.5) is 5.69 Å². The Morgan fingerprint density at radius 1 is 1.14 bits per heavy atom. The molecule has 0 aliphatic carbocycles. The number of hydrogen-bond acceptors (Lipinski definition) is 3. The van der Waals surface area contributed by atoms with Crippen LogP contribution in [0.2, 0.25) is 0 Å². The number of halogens is 2. The van der Waals surface area contributed by atoms with Crippen molar-refractivity contribution >= 4 is 53.9 Å². The van der Waals surface area contributed by atoms with Gasteiger partial charge in [0.2, 0.25) is 0 Å². The summed E-state index contributed by atoms with van der Waals surface area (Å²) in [6.07, 6.45) is 0. The van der Waals surface area contributed by atoms with Crippen molar-refractivity contribution in [1.82, 2.24) is 0 Å². The van der Waals surface area contributed by atoms with Crippen LogP contribution in [0.15, 0.2) is 47.4 Å². The van der Waals surface area contributed by atoms with Crippen molar-refractivity contribution < 1.29 is 13.2 Å². The van der Waals surface area contributed by atoms with Gasteiger partial charge in [0.25, 0.3) is 15.0 Å². The van der Waals surface area contributed by atoms with Gasteiger partial charge in [-0.1, -0.05) is 0 Å². The first kappa shape index (κ1) is 16.3. The third-order valence-corrected chi connectivity index (χ3v) is 5.00. The molecular weight excluding hydrogens is 425 g/mol. The highest BCUT2D eigenvalue weighted by Crippen LogP contribution is 2.23. The molecule has 110 valence electrons. The number of hydrogen-bond donors (Lipinski definition) is 1.